The molecule has 0 bridgehead atoms. The number of anilines is 1. The number of carbonyl (C=O) groups is 1. The minimum Gasteiger partial charge on any atom is -0.481 e. The first kappa shape index (κ1) is 11.9. The van der Waals surface area contributed by atoms with Crippen molar-refractivity contribution in [3.8, 4) is 0 Å². The molecule has 1 unspecified atom stereocenters. The van der Waals surface area contributed by atoms with Crippen LogP contribution in [0, 0.1) is 5.41 Å². The molecule has 6 nitrogen and oxygen atoms in total. The van der Waals surface area contributed by atoms with Gasteiger partial charge in [0.1, 0.15) is 6.42 Å². The molecule has 1 aliphatic heterocycles. The summed E-state index contributed by atoms with van der Waals surface area (Å²) in [5.41, 5.74) is 0.0883. The van der Waals surface area contributed by atoms with E-state index in [1.54, 1.807) is 0 Å². The summed E-state index contributed by atoms with van der Waals surface area (Å²) in [6, 6.07) is 0.258. The predicted octanol–water partition coefficient (Wildman–Crippen LogP) is 1.31. The van der Waals surface area contributed by atoms with Gasteiger partial charge < -0.3 is 10.4 Å². The van der Waals surface area contributed by atoms with Crippen molar-refractivity contribution in [2.45, 2.75) is 39.7 Å². The zero-order valence-corrected chi connectivity index (χ0v) is 10.4. The number of hydrogen-bond donors (Lipinski definition) is 2. The average Bonchev–Trinajstić information content (AvgIpc) is 2.55. The summed E-state index contributed by atoms with van der Waals surface area (Å²) in [5.74, 6) is 0.156. The predicted molar refractivity (Wildman–Crippen MR) is 63.0 cm³/mol. The standard InChI is InChI=1S/C11H18N4O2/c1-11(2,3)7-4-5-12-10-13-8(6-9(16)17)14-15(7)10/h7H,4-6H2,1-3H3,(H,16,17)(H,12,13,14). The molecule has 2 rings (SSSR count). The molecule has 1 atom stereocenters. The van der Waals surface area contributed by atoms with Crippen molar-refractivity contribution in [3.63, 3.8) is 0 Å². The van der Waals surface area contributed by atoms with Crippen LogP contribution in [0.15, 0.2) is 0 Å². The second-order valence-electron chi connectivity index (χ2n) is 5.46. The quantitative estimate of drug-likeness (QED) is 0.812. The summed E-state index contributed by atoms with van der Waals surface area (Å²) in [5, 5.41) is 16.2. The Bertz CT molecular complexity index is 433. The van der Waals surface area contributed by atoms with E-state index >= 15 is 0 Å². The van der Waals surface area contributed by atoms with E-state index in [0.717, 1.165) is 13.0 Å². The number of hydrogen-bond acceptors (Lipinski definition) is 4. The maximum Gasteiger partial charge on any atom is 0.311 e. The van der Waals surface area contributed by atoms with Gasteiger partial charge >= 0.3 is 5.97 Å². The normalized spacial score (nSPS) is 19.6. The van der Waals surface area contributed by atoms with E-state index in [0.29, 0.717) is 11.8 Å². The van der Waals surface area contributed by atoms with Gasteiger partial charge in [-0.25, -0.2) is 4.68 Å². The van der Waals surface area contributed by atoms with Gasteiger partial charge in [-0.2, -0.15) is 10.1 Å². The average molecular weight is 238 g/mol. The van der Waals surface area contributed by atoms with Gasteiger partial charge in [-0.05, 0) is 11.8 Å². The summed E-state index contributed by atoms with van der Waals surface area (Å²) >= 11 is 0. The first-order valence-electron chi connectivity index (χ1n) is 5.79. The molecule has 0 saturated carbocycles. The zero-order chi connectivity index (χ0) is 12.6. The van der Waals surface area contributed by atoms with E-state index in [4.69, 9.17) is 5.11 Å². The molecule has 0 amide bonds. The number of aliphatic carboxylic acids is 1. The highest BCUT2D eigenvalue weighted by Crippen LogP contribution is 2.36. The number of fused-ring (bicyclic) bond motifs is 1. The summed E-state index contributed by atoms with van der Waals surface area (Å²) in [7, 11) is 0. The fraction of sp³-hybridized carbons (Fsp3) is 0.727. The molecule has 0 spiro atoms. The fourth-order valence-corrected chi connectivity index (χ4v) is 2.16. The van der Waals surface area contributed by atoms with Crippen LogP contribution in [-0.2, 0) is 11.2 Å². The smallest absolute Gasteiger partial charge is 0.311 e. The lowest BCUT2D eigenvalue weighted by molar-refractivity contribution is -0.136. The Morgan fingerprint density at radius 1 is 1.59 bits per heavy atom. The van der Waals surface area contributed by atoms with E-state index in [1.165, 1.54) is 0 Å². The molecule has 1 aromatic rings. The molecule has 94 valence electrons. The molecule has 0 aliphatic carbocycles. The van der Waals surface area contributed by atoms with Crippen molar-refractivity contribution < 1.29 is 9.90 Å². The monoisotopic (exact) mass is 238 g/mol. The third-order valence-corrected chi connectivity index (χ3v) is 2.98. The van der Waals surface area contributed by atoms with E-state index < -0.39 is 5.97 Å². The number of rotatable bonds is 2. The third kappa shape index (κ3) is 2.40. The van der Waals surface area contributed by atoms with Gasteiger partial charge in [-0.1, -0.05) is 20.8 Å². The highest BCUT2D eigenvalue weighted by molar-refractivity contribution is 5.69. The Kier molecular flexibility index (Phi) is 2.81. The molecule has 17 heavy (non-hydrogen) atoms. The van der Waals surface area contributed by atoms with Gasteiger partial charge in [0.05, 0.1) is 6.04 Å². The largest absolute Gasteiger partial charge is 0.481 e. The molecule has 0 aromatic carbocycles. The zero-order valence-electron chi connectivity index (χ0n) is 10.4. The molecule has 0 fully saturated rings. The number of nitrogens with zero attached hydrogens (tertiary/aromatic N) is 3. The van der Waals surface area contributed by atoms with Gasteiger partial charge in [0, 0.05) is 6.54 Å². The molecule has 6 heteroatoms. The number of carboxylic acids is 1. The van der Waals surface area contributed by atoms with Crippen LogP contribution in [0.4, 0.5) is 5.95 Å². The van der Waals surface area contributed by atoms with Gasteiger partial charge in [0.25, 0.3) is 0 Å². The Balaban J connectivity index is 2.32. The summed E-state index contributed by atoms with van der Waals surface area (Å²) in [6.45, 7) is 7.33. The van der Waals surface area contributed by atoms with E-state index in [-0.39, 0.29) is 17.9 Å². The second kappa shape index (κ2) is 4.01. The molecule has 0 saturated heterocycles. The van der Waals surface area contributed by atoms with Gasteiger partial charge in [0.15, 0.2) is 5.82 Å². The number of aromatic nitrogens is 3. The van der Waals surface area contributed by atoms with Crippen molar-refractivity contribution in [3.05, 3.63) is 5.82 Å². The Labute approximate surface area is 100 Å². The molecule has 2 heterocycles. The summed E-state index contributed by atoms with van der Waals surface area (Å²) < 4.78 is 1.84. The highest BCUT2D eigenvalue weighted by Gasteiger charge is 2.32. The Morgan fingerprint density at radius 3 is 2.88 bits per heavy atom. The van der Waals surface area contributed by atoms with Crippen LogP contribution < -0.4 is 5.32 Å². The second-order valence-corrected chi connectivity index (χ2v) is 5.46. The lowest BCUT2D eigenvalue weighted by Crippen LogP contribution is -2.32. The van der Waals surface area contributed by atoms with Crippen LogP contribution in [0.25, 0.3) is 0 Å². The Hall–Kier alpha value is -1.59. The molecule has 0 radical (unpaired) electrons. The van der Waals surface area contributed by atoms with E-state index in [9.17, 15) is 4.79 Å². The van der Waals surface area contributed by atoms with Crippen LogP contribution in [0.5, 0.6) is 0 Å². The summed E-state index contributed by atoms with van der Waals surface area (Å²) in [6.07, 6.45) is 0.852. The van der Waals surface area contributed by atoms with Crippen LogP contribution in [-0.4, -0.2) is 32.4 Å². The van der Waals surface area contributed by atoms with Crippen LogP contribution >= 0.6 is 0 Å². The Morgan fingerprint density at radius 2 is 2.29 bits per heavy atom. The summed E-state index contributed by atoms with van der Waals surface area (Å²) in [4.78, 5) is 14.9. The maximum atomic E-state index is 10.7. The van der Waals surface area contributed by atoms with Gasteiger partial charge in [0.2, 0.25) is 5.95 Å². The van der Waals surface area contributed by atoms with Gasteiger partial charge in [-0.15, -0.1) is 0 Å². The van der Waals surface area contributed by atoms with Crippen molar-refractivity contribution in [1.29, 1.82) is 0 Å². The molecule has 2 N–H and O–H groups in total. The van der Waals surface area contributed by atoms with Crippen LogP contribution in [0.2, 0.25) is 0 Å². The first-order valence-corrected chi connectivity index (χ1v) is 5.79. The van der Waals surface area contributed by atoms with Gasteiger partial charge in [-0.3, -0.25) is 4.79 Å². The number of carboxylic acid groups (broad SMARTS) is 1. The minimum absolute atomic E-state index is 0.0883. The molecule has 1 aromatic heterocycles. The molecular weight excluding hydrogens is 220 g/mol. The first-order chi connectivity index (χ1) is 7.88. The number of nitrogens with one attached hydrogen (secondary N) is 1. The van der Waals surface area contributed by atoms with E-state index in [2.05, 4.69) is 36.2 Å². The van der Waals surface area contributed by atoms with Crippen molar-refractivity contribution >= 4 is 11.9 Å². The highest BCUT2D eigenvalue weighted by atomic mass is 16.4. The third-order valence-electron chi connectivity index (χ3n) is 2.98. The topological polar surface area (TPSA) is 80.0 Å². The maximum absolute atomic E-state index is 10.7. The minimum atomic E-state index is -0.903. The SMILES string of the molecule is CC(C)(C)C1CCNc2nc(CC(=O)O)nn21. The van der Waals surface area contributed by atoms with Crippen molar-refractivity contribution in [1.82, 2.24) is 14.8 Å². The molecule has 1 aliphatic rings. The van der Waals surface area contributed by atoms with Crippen LogP contribution in [0.3, 0.4) is 0 Å². The lowest BCUT2D eigenvalue weighted by atomic mass is 9.84. The lowest BCUT2D eigenvalue weighted by Gasteiger charge is -2.34. The molecular formula is C11H18N4O2. The fourth-order valence-electron chi connectivity index (χ4n) is 2.16. The van der Waals surface area contributed by atoms with E-state index in [1.807, 2.05) is 4.68 Å². The van der Waals surface area contributed by atoms with Crippen molar-refractivity contribution in [2.75, 3.05) is 11.9 Å². The van der Waals surface area contributed by atoms with Crippen molar-refractivity contribution in [2.24, 2.45) is 5.41 Å². The van der Waals surface area contributed by atoms with Crippen LogP contribution in [0.1, 0.15) is 39.1 Å².